The fourth-order valence-corrected chi connectivity index (χ4v) is 5.21. The van der Waals surface area contributed by atoms with Gasteiger partial charge in [-0.3, -0.25) is 4.79 Å². The van der Waals surface area contributed by atoms with Crippen molar-refractivity contribution in [2.75, 3.05) is 26.3 Å². The lowest BCUT2D eigenvalue weighted by Crippen LogP contribution is -3.16. The summed E-state index contributed by atoms with van der Waals surface area (Å²) in [6.45, 7) is 6.62. The van der Waals surface area contributed by atoms with Gasteiger partial charge in [-0.2, -0.15) is 0 Å². The number of unbranched alkanes of at least 4 members (excludes halogenated alkanes) is 3. The molecule has 192 valence electrons. The molecule has 0 saturated carbocycles. The molecular weight excluding hydrogens is 424 g/mol. The third kappa shape index (κ3) is 9.96. The van der Waals surface area contributed by atoms with Crippen molar-refractivity contribution < 1.29 is 30.1 Å². The molecule has 0 bridgehead atoms. The number of rotatable bonds is 16. The number of nitrogens with zero attached hydrogens (tertiary/aromatic N) is 1. The summed E-state index contributed by atoms with van der Waals surface area (Å²) >= 11 is 0. The summed E-state index contributed by atoms with van der Waals surface area (Å²) < 4.78 is 0. The number of aliphatic carboxylic acids is 1. The lowest BCUT2D eigenvalue weighted by molar-refractivity contribution is -0.914. The molecule has 9 nitrogen and oxygen atoms in total. The second-order valence-corrected chi connectivity index (χ2v) is 10.1. The van der Waals surface area contributed by atoms with Gasteiger partial charge in [0.15, 0.2) is 6.67 Å². The lowest BCUT2D eigenvalue weighted by Gasteiger charge is -2.41. The molecule has 0 aromatic heterocycles. The molecule has 7 atom stereocenters. The Bertz CT molecular complexity index is 599. The molecule has 0 spiro atoms. The van der Waals surface area contributed by atoms with Crippen LogP contribution in [0.2, 0.25) is 0 Å². The number of likely N-dealkylation sites (N-methyl/N-ethyl adjacent to an activating group) is 1. The first-order valence-corrected chi connectivity index (χ1v) is 12.8. The predicted octanol–water partition coefficient (Wildman–Crippen LogP) is -0.310. The molecule has 7 unspecified atom stereocenters. The van der Waals surface area contributed by atoms with Crippen LogP contribution < -0.4 is 15.5 Å². The Morgan fingerprint density at radius 3 is 2.73 bits per heavy atom. The maximum absolute atomic E-state index is 11.1. The number of piperidine rings is 1. The van der Waals surface area contributed by atoms with Gasteiger partial charge in [-0.25, -0.2) is 4.99 Å². The van der Waals surface area contributed by atoms with Crippen LogP contribution in [0.5, 0.6) is 0 Å². The van der Waals surface area contributed by atoms with Crippen molar-refractivity contribution in [1.29, 1.82) is 0 Å². The van der Waals surface area contributed by atoms with E-state index in [1.54, 1.807) is 0 Å². The van der Waals surface area contributed by atoms with E-state index in [9.17, 15) is 20.1 Å². The van der Waals surface area contributed by atoms with Gasteiger partial charge >= 0.3 is 5.97 Å². The van der Waals surface area contributed by atoms with Gasteiger partial charge in [0.25, 0.3) is 0 Å². The average Bonchev–Trinajstić information content (AvgIpc) is 3.29. The van der Waals surface area contributed by atoms with Crippen LogP contribution in [0.1, 0.15) is 78.1 Å². The molecule has 33 heavy (non-hydrogen) atoms. The van der Waals surface area contributed by atoms with Gasteiger partial charge in [-0.05, 0) is 39.2 Å². The predicted molar refractivity (Wildman–Crippen MR) is 129 cm³/mol. The minimum atomic E-state index is -1.20. The number of aliphatic imine (C=N–C) groups is 1. The zero-order valence-corrected chi connectivity index (χ0v) is 20.5. The summed E-state index contributed by atoms with van der Waals surface area (Å²) in [6, 6.07) is 0.662. The fourth-order valence-electron chi connectivity index (χ4n) is 5.21. The van der Waals surface area contributed by atoms with Gasteiger partial charge < -0.3 is 36.0 Å². The summed E-state index contributed by atoms with van der Waals surface area (Å²) in [6.07, 6.45) is 8.26. The van der Waals surface area contributed by atoms with Crippen molar-refractivity contribution >= 4 is 12.2 Å². The molecule has 0 aliphatic carbocycles. The number of nitrogens with one attached hydrogen (secondary N) is 3. The minimum absolute atomic E-state index is 0.0682. The summed E-state index contributed by atoms with van der Waals surface area (Å²) in [5, 5.41) is 47.1. The molecule has 2 aliphatic rings. The SMILES string of the molecule is CCNCC(O)(CCCCCCC(O)CCC1NC(C)C(O)CC1[NH+]1CC=NC1)CC(=O)O. The van der Waals surface area contributed by atoms with Crippen molar-refractivity contribution in [3.63, 3.8) is 0 Å². The molecular formula is C24H47N4O5+. The maximum Gasteiger partial charge on any atom is 0.306 e. The number of hydrogen-bond donors (Lipinski definition) is 7. The molecule has 7 N–H and O–H groups in total. The Kier molecular flexibility index (Phi) is 12.2. The van der Waals surface area contributed by atoms with Crippen LogP contribution in [0.25, 0.3) is 0 Å². The molecule has 1 saturated heterocycles. The number of carbonyl (C=O) groups is 1. The first kappa shape index (κ1) is 28.1. The van der Waals surface area contributed by atoms with Crippen LogP contribution in [0.4, 0.5) is 0 Å². The number of carboxylic acid groups (broad SMARTS) is 1. The van der Waals surface area contributed by atoms with E-state index < -0.39 is 11.6 Å². The van der Waals surface area contributed by atoms with E-state index in [0.717, 1.165) is 64.6 Å². The van der Waals surface area contributed by atoms with Crippen LogP contribution >= 0.6 is 0 Å². The van der Waals surface area contributed by atoms with Crippen molar-refractivity contribution in [2.45, 2.75) is 114 Å². The molecule has 2 aliphatic heterocycles. The lowest BCUT2D eigenvalue weighted by atomic mass is 9.87. The summed E-state index contributed by atoms with van der Waals surface area (Å²) in [7, 11) is 0. The second-order valence-electron chi connectivity index (χ2n) is 10.1. The van der Waals surface area contributed by atoms with E-state index in [0.29, 0.717) is 25.6 Å². The first-order chi connectivity index (χ1) is 15.7. The quantitative estimate of drug-likeness (QED) is 0.153. The fraction of sp³-hybridized carbons (Fsp3) is 0.917. The molecule has 9 heteroatoms. The standard InChI is InChI=1S/C24H46N4O5/c1-3-25-16-24(33,15-23(31)32)11-7-5-4-6-8-19(29)9-10-20-21(28-13-12-26-17-28)14-22(30)18(2)27-20/h12,18-22,25,27,29-30,33H,3-11,13-17H2,1-2H3,(H,31,32)/p+1. The van der Waals surface area contributed by atoms with Crippen LogP contribution in [-0.4, -0.2) is 94.8 Å². The summed E-state index contributed by atoms with van der Waals surface area (Å²) in [5.74, 6) is -0.976. The number of carboxylic acids is 1. The van der Waals surface area contributed by atoms with Gasteiger partial charge in [0.2, 0.25) is 0 Å². The maximum atomic E-state index is 11.1. The highest BCUT2D eigenvalue weighted by molar-refractivity contribution is 5.68. The third-order valence-electron chi connectivity index (χ3n) is 7.26. The molecule has 2 rings (SSSR count). The molecule has 0 amide bonds. The summed E-state index contributed by atoms with van der Waals surface area (Å²) in [5.41, 5.74) is -1.20. The number of quaternary nitrogens is 1. The van der Waals surface area contributed by atoms with E-state index in [1.807, 2.05) is 20.1 Å². The monoisotopic (exact) mass is 471 g/mol. The van der Waals surface area contributed by atoms with Crippen molar-refractivity contribution in [1.82, 2.24) is 10.6 Å². The van der Waals surface area contributed by atoms with Crippen molar-refractivity contribution in [3.8, 4) is 0 Å². The number of aliphatic hydroxyl groups excluding tert-OH is 2. The van der Waals surface area contributed by atoms with E-state index in [-0.39, 0.29) is 30.7 Å². The molecule has 0 aromatic rings. The Balaban J connectivity index is 1.64. The topological polar surface area (TPSA) is 139 Å². The first-order valence-electron chi connectivity index (χ1n) is 12.8. The number of aliphatic hydroxyl groups is 3. The van der Waals surface area contributed by atoms with Crippen molar-refractivity contribution in [2.24, 2.45) is 4.99 Å². The Morgan fingerprint density at radius 1 is 1.30 bits per heavy atom. The Morgan fingerprint density at radius 2 is 2.06 bits per heavy atom. The molecule has 0 radical (unpaired) electrons. The van der Waals surface area contributed by atoms with Gasteiger partial charge in [-0.1, -0.05) is 32.6 Å². The third-order valence-corrected chi connectivity index (χ3v) is 7.26. The van der Waals surface area contributed by atoms with Crippen LogP contribution in [-0.2, 0) is 4.79 Å². The average molecular weight is 472 g/mol. The Labute approximate surface area is 198 Å². The van der Waals surface area contributed by atoms with Gasteiger partial charge in [0.05, 0.1) is 36.5 Å². The van der Waals surface area contributed by atoms with Crippen LogP contribution in [0.3, 0.4) is 0 Å². The van der Waals surface area contributed by atoms with Gasteiger partial charge in [0, 0.05) is 19.0 Å². The van der Waals surface area contributed by atoms with E-state index in [2.05, 4.69) is 15.6 Å². The van der Waals surface area contributed by atoms with E-state index >= 15 is 0 Å². The molecule has 1 fully saturated rings. The smallest absolute Gasteiger partial charge is 0.306 e. The van der Waals surface area contributed by atoms with Crippen LogP contribution in [0, 0.1) is 0 Å². The molecule has 0 aromatic carbocycles. The van der Waals surface area contributed by atoms with Crippen molar-refractivity contribution in [3.05, 3.63) is 0 Å². The molecule has 2 heterocycles. The zero-order chi connectivity index (χ0) is 24.3. The van der Waals surface area contributed by atoms with E-state index in [4.69, 9.17) is 5.11 Å². The zero-order valence-electron chi connectivity index (χ0n) is 20.5. The van der Waals surface area contributed by atoms with Gasteiger partial charge in [-0.15, -0.1) is 0 Å². The normalized spacial score (nSPS) is 30.3. The number of hydrogen-bond acceptors (Lipinski definition) is 7. The van der Waals surface area contributed by atoms with E-state index in [1.165, 1.54) is 4.90 Å². The highest BCUT2D eigenvalue weighted by Gasteiger charge is 2.40. The highest BCUT2D eigenvalue weighted by Crippen LogP contribution is 2.21. The van der Waals surface area contributed by atoms with Crippen LogP contribution in [0.15, 0.2) is 4.99 Å². The largest absolute Gasteiger partial charge is 0.481 e. The Hall–Kier alpha value is -1.10. The highest BCUT2D eigenvalue weighted by atomic mass is 16.4. The van der Waals surface area contributed by atoms with Gasteiger partial charge in [0.1, 0.15) is 12.6 Å². The summed E-state index contributed by atoms with van der Waals surface area (Å²) in [4.78, 5) is 16.8. The minimum Gasteiger partial charge on any atom is -0.481 e. The second kappa shape index (κ2) is 14.3.